The van der Waals surface area contributed by atoms with Gasteiger partial charge in [-0.25, -0.2) is 0 Å². The van der Waals surface area contributed by atoms with Gasteiger partial charge in [-0.05, 0) is 25.0 Å². The van der Waals surface area contributed by atoms with Crippen LogP contribution in [0.4, 0.5) is 0 Å². The standard InChI is InChI=1S/C13H17N3OS/c14-12(18)13(6-2-1-3-7-13)16-11(17)10-4-8-15-9-5-10/h4-5,8-9H,1-3,6-7H2,(H2,14,18)(H,16,17). The van der Waals surface area contributed by atoms with E-state index in [4.69, 9.17) is 18.0 Å². The molecule has 1 aliphatic carbocycles. The summed E-state index contributed by atoms with van der Waals surface area (Å²) in [5, 5.41) is 3.02. The van der Waals surface area contributed by atoms with Crippen molar-refractivity contribution < 1.29 is 4.79 Å². The third kappa shape index (κ3) is 2.67. The number of carbonyl (C=O) groups excluding carboxylic acids is 1. The van der Waals surface area contributed by atoms with Crippen molar-refractivity contribution in [3.8, 4) is 0 Å². The molecule has 96 valence electrons. The molecule has 3 N–H and O–H groups in total. The molecule has 1 amide bonds. The van der Waals surface area contributed by atoms with E-state index in [2.05, 4.69) is 10.3 Å². The molecule has 1 aromatic rings. The average Bonchev–Trinajstić information content (AvgIpc) is 2.40. The molecule has 0 aliphatic heterocycles. The van der Waals surface area contributed by atoms with Crippen LogP contribution in [0.1, 0.15) is 42.5 Å². The average molecular weight is 263 g/mol. The summed E-state index contributed by atoms with van der Waals surface area (Å²) in [5.41, 5.74) is 5.92. The molecule has 1 fully saturated rings. The zero-order valence-corrected chi connectivity index (χ0v) is 11.0. The van der Waals surface area contributed by atoms with Gasteiger partial charge in [-0.3, -0.25) is 9.78 Å². The summed E-state index contributed by atoms with van der Waals surface area (Å²) in [4.78, 5) is 16.5. The molecule has 0 radical (unpaired) electrons. The molecule has 1 aromatic heterocycles. The summed E-state index contributed by atoms with van der Waals surface area (Å²) >= 11 is 5.15. The summed E-state index contributed by atoms with van der Waals surface area (Å²) in [5.74, 6) is -0.132. The molecule has 2 rings (SSSR count). The van der Waals surface area contributed by atoms with Crippen LogP contribution in [0.25, 0.3) is 0 Å². The normalized spacial score (nSPS) is 18.0. The summed E-state index contributed by atoms with van der Waals surface area (Å²) < 4.78 is 0. The van der Waals surface area contributed by atoms with E-state index >= 15 is 0 Å². The minimum absolute atomic E-state index is 0.132. The maximum Gasteiger partial charge on any atom is 0.252 e. The quantitative estimate of drug-likeness (QED) is 0.816. The van der Waals surface area contributed by atoms with Gasteiger partial charge in [0.25, 0.3) is 5.91 Å². The second-order valence-corrected chi connectivity index (χ2v) is 5.14. The Labute approximate surface area is 112 Å². The fourth-order valence-electron chi connectivity index (χ4n) is 2.38. The highest BCUT2D eigenvalue weighted by atomic mass is 32.1. The van der Waals surface area contributed by atoms with E-state index < -0.39 is 5.54 Å². The Morgan fingerprint density at radius 3 is 2.44 bits per heavy atom. The smallest absolute Gasteiger partial charge is 0.252 e. The first kappa shape index (κ1) is 13.0. The van der Waals surface area contributed by atoms with Gasteiger partial charge in [0.2, 0.25) is 0 Å². The van der Waals surface area contributed by atoms with Crippen molar-refractivity contribution in [2.45, 2.75) is 37.6 Å². The lowest BCUT2D eigenvalue weighted by molar-refractivity contribution is 0.0908. The lowest BCUT2D eigenvalue weighted by Gasteiger charge is -2.37. The molecule has 0 saturated heterocycles. The zero-order valence-electron chi connectivity index (χ0n) is 10.2. The van der Waals surface area contributed by atoms with Crippen molar-refractivity contribution in [3.05, 3.63) is 30.1 Å². The summed E-state index contributed by atoms with van der Waals surface area (Å²) in [6, 6.07) is 3.37. The van der Waals surface area contributed by atoms with Gasteiger partial charge in [-0.15, -0.1) is 0 Å². The topological polar surface area (TPSA) is 68.0 Å². The minimum atomic E-state index is -0.506. The fraction of sp³-hybridized carbons (Fsp3) is 0.462. The SMILES string of the molecule is NC(=S)C1(NC(=O)c2ccncc2)CCCCC1. The number of aromatic nitrogens is 1. The van der Waals surface area contributed by atoms with Crippen molar-refractivity contribution in [1.29, 1.82) is 0 Å². The van der Waals surface area contributed by atoms with Gasteiger partial charge in [0.05, 0.1) is 10.5 Å². The molecule has 0 bridgehead atoms. The van der Waals surface area contributed by atoms with E-state index in [1.165, 1.54) is 6.42 Å². The van der Waals surface area contributed by atoms with E-state index in [-0.39, 0.29) is 5.91 Å². The molecular weight excluding hydrogens is 246 g/mol. The predicted molar refractivity (Wildman–Crippen MR) is 74.3 cm³/mol. The van der Waals surface area contributed by atoms with E-state index in [0.29, 0.717) is 10.6 Å². The lowest BCUT2D eigenvalue weighted by Crippen LogP contribution is -2.57. The van der Waals surface area contributed by atoms with E-state index in [9.17, 15) is 4.79 Å². The summed E-state index contributed by atoms with van der Waals surface area (Å²) in [6.45, 7) is 0. The Morgan fingerprint density at radius 1 is 1.28 bits per heavy atom. The number of nitrogens with two attached hydrogens (primary N) is 1. The zero-order chi connectivity index (χ0) is 13.0. The van der Waals surface area contributed by atoms with Gasteiger partial charge < -0.3 is 11.1 Å². The Hall–Kier alpha value is -1.49. The third-order valence-corrected chi connectivity index (χ3v) is 3.86. The molecule has 0 aromatic carbocycles. The van der Waals surface area contributed by atoms with Crippen molar-refractivity contribution >= 4 is 23.1 Å². The van der Waals surface area contributed by atoms with Gasteiger partial charge in [0.1, 0.15) is 0 Å². The van der Waals surface area contributed by atoms with Crippen LogP contribution in [0.5, 0.6) is 0 Å². The van der Waals surface area contributed by atoms with Gasteiger partial charge in [-0.1, -0.05) is 31.5 Å². The molecular formula is C13H17N3OS. The van der Waals surface area contributed by atoms with E-state index in [0.717, 1.165) is 25.7 Å². The van der Waals surface area contributed by atoms with Crippen molar-refractivity contribution in [2.24, 2.45) is 5.73 Å². The van der Waals surface area contributed by atoms with Crippen molar-refractivity contribution in [1.82, 2.24) is 10.3 Å². The number of carbonyl (C=O) groups is 1. The molecule has 1 heterocycles. The highest BCUT2D eigenvalue weighted by molar-refractivity contribution is 7.80. The highest BCUT2D eigenvalue weighted by Gasteiger charge is 2.36. The summed E-state index contributed by atoms with van der Waals surface area (Å²) in [7, 11) is 0. The van der Waals surface area contributed by atoms with E-state index in [1.807, 2.05) is 0 Å². The molecule has 5 heteroatoms. The number of pyridine rings is 1. The van der Waals surface area contributed by atoms with Gasteiger partial charge in [0, 0.05) is 18.0 Å². The molecule has 4 nitrogen and oxygen atoms in total. The van der Waals surface area contributed by atoms with Crippen LogP contribution in [-0.2, 0) is 0 Å². The molecule has 1 aliphatic rings. The van der Waals surface area contributed by atoms with Crippen LogP contribution in [0.15, 0.2) is 24.5 Å². The number of hydrogen-bond donors (Lipinski definition) is 2. The van der Waals surface area contributed by atoms with Crippen molar-refractivity contribution in [3.63, 3.8) is 0 Å². The highest BCUT2D eigenvalue weighted by Crippen LogP contribution is 2.28. The van der Waals surface area contributed by atoms with Crippen LogP contribution in [-0.4, -0.2) is 21.4 Å². The number of hydrogen-bond acceptors (Lipinski definition) is 3. The first-order chi connectivity index (χ1) is 8.64. The Morgan fingerprint density at radius 2 is 1.89 bits per heavy atom. The lowest BCUT2D eigenvalue weighted by atomic mass is 9.81. The number of nitrogens with one attached hydrogen (secondary N) is 1. The number of nitrogens with zero attached hydrogens (tertiary/aromatic N) is 1. The first-order valence-corrected chi connectivity index (χ1v) is 6.57. The fourth-order valence-corrected chi connectivity index (χ4v) is 2.64. The third-order valence-electron chi connectivity index (χ3n) is 3.47. The van der Waals surface area contributed by atoms with Crippen LogP contribution >= 0.6 is 12.2 Å². The molecule has 0 atom stereocenters. The predicted octanol–water partition coefficient (Wildman–Crippen LogP) is 1.80. The minimum Gasteiger partial charge on any atom is -0.391 e. The number of thiocarbonyl (C=S) groups is 1. The monoisotopic (exact) mass is 263 g/mol. The van der Waals surface area contributed by atoms with Gasteiger partial charge in [-0.2, -0.15) is 0 Å². The summed E-state index contributed by atoms with van der Waals surface area (Å²) in [6.07, 6.45) is 8.14. The molecule has 0 spiro atoms. The molecule has 18 heavy (non-hydrogen) atoms. The number of rotatable bonds is 3. The second kappa shape index (κ2) is 5.44. The molecule has 1 saturated carbocycles. The maximum absolute atomic E-state index is 12.2. The van der Waals surface area contributed by atoms with Crippen LogP contribution in [0, 0.1) is 0 Å². The Bertz CT molecular complexity index is 441. The van der Waals surface area contributed by atoms with Crippen LogP contribution in [0.2, 0.25) is 0 Å². The second-order valence-electron chi connectivity index (χ2n) is 4.70. The van der Waals surface area contributed by atoms with E-state index in [1.54, 1.807) is 24.5 Å². The van der Waals surface area contributed by atoms with Crippen molar-refractivity contribution in [2.75, 3.05) is 0 Å². The van der Waals surface area contributed by atoms with Gasteiger partial charge >= 0.3 is 0 Å². The Balaban J connectivity index is 2.15. The van der Waals surface area contributed by atoms with Gasteiger partial charge in [0.15, 0.2) is 0 Å². The maximum atomic E-state index is 12.2. The van der Waals surface area contributed by atoms with Crippen LogP contribution in [0.3, 0.4) is 0 Å². The number of amides is 1. The van der Waals surface area contributed by atoms with Crippen LogP contribution < -0.4 is 11.1 Å². The first-order valence-electron chi connectivity index (χ1n) is 6.16. The largest absolute Gasteiger partial charge is 0.391 e. The molecule has 0 unspecified atom stereocenters. The Kier molecular flexibility index (Phi) is 3.91.